The van der Waals surface area contributed by atoms with Gasteiger partial charge in [0.1, 0.15) is 5.75 Å². The number of morpholine rings is 1. The number of likely N-dealkylation sites (tertiary alicyclic amines) is 1. The SMILES string of the molecule is CNC(=O)Oc1cccc(C2CCCN2CCCCN2CCOCC2)c1. The number of rotatable bonds is 7. The van der Waals surface area contributed by atoms with Crippen molar-refractivity contribution in [3.63, 3.8) is 0 Å². The molecule has 6 nitrogen and oxygen atoms in total. The zero-order valence-corrected chi connectivity index (χ0v) is 15.8. The number of amides is 1. The van der Waals surface area contributed by atoms with Gasteiger partial charge in [0.25, 0.3) is 0 Å². The third kappa shape index (κ3) is 5.43. The lowest BCUT2D eigenvalue weighted by Gasteiger charge is -2.28. The molecular formula is C20H31N3O3. The molecule has 1 N–H and O–H groups in total. The minimum atomic E-state index is -0.423. The van der Waals surface area contributed by atoms with E-state index < -0.39 is 6.09 Å². The molecule has 0 saturated carbocycles. The Labute approximate surface area is 156 Å². The quantitative estimate of drug-likeness (QED) is 0.757. The minimum absolute atomic E-state index is 0.423. The Kier molecular flexibility index (Phi) is 7.29. The Hall–Kier alpha value is -1.63. The summed E-state index contributed by atoms with van der Waals surface area (Å²) in [5.41, 5.74) is 1.25. The highest BCUT2D eigenvalue weighted by molar-refractivity contribution is 5.69. The maximum atomic E-state index is 11.4. The highest BCUT2D eigenvalue weighted by Crippen LogP contribution is 2.33. The van der Waals surface area contributed by atoms with Gasteiger partial charge in [0.2, 0.25) is 0 Å². The van der Waals surface area contributed by atoms with Crippen LogP contribution < -0.4 is 10.1 Å². The van der Waals surface area contributed by atoms with E-state index in [0.717, 1.165) is 39.4 Å². The second-order valence-electron chi connectivity index (χ2n) is 7.07. The first-order valence-corrected chi connectivity index (χ1v) is 9.80. The Balaban J connectivity index is 1.48. The molecule has 0 aliphatic carbocycles. The molecule has 2 aliphatic heterocycles. The van der Waals surface area contributed by atoms with Crippen molar-refractivity contribution < 1.29 is 14.3 Å². The highest BCUT2D eigenvalue weighted by Gasteiger charge is 2.25. The Bertz CT molecular complexity index is 575. The summed E-state index contributed by atoms with van der Waals surface area (Å²) < 4.78 is 10.7. The lowest BCUT2D eigenvalue weighted by molar-refractivity contribution is 0.0368. The van der Waals surface area contributed by atoms with E-state index in [4.69, 9.17) is 9.47 Å². The number of nitrogens with one attached hydrogen (secondary N) is 1. The van der Waals surface area contributed by atoms with Crippen LogP contribution in [-0.4, -0.2) is 68.9 Å². The van der Waals surface area contributed by atoms with Crippen LogP contribution >= 0.6 is 0 Å². The zero-order chi connectivity index (χ0) is 18.2. The van der Waals surface area contributed by atoms with Gasteiger partial charge in [-0.3, -0.25) is 9.80 Å². The molecule has 2 aliphatic rings. The van der Waals surface area contributed by atoms with Crippen molar-refractivity contribution in [1.82, 2.24) is 15.1 Å². The molecule has 2 saturated heterocycles. The summed E-state index contributed by atoms with van der Waals surface area (Å²) >= 11 is 0. The van der Waals surface area contributed by atoms with Gasteiger partial charge in [0, 0.05) is 26.2 Å². The molecule has 6 heteroatoms. The van der Waals surface area contributed by atoms with Crippen LogP contribution in [0.5, 0.6) is 5.75 Å². The van der Waals surface area contributed by atoms with Crippen molar-refractivity contribution in [2.24, 2.45) is 0 Å². The van der Waals surface area contributed by atoms with Gasteiger partial charge in [-0.05, 0) is 63.0 Å². The standard InChI is InChI=1S/C20H31N3O3/c1-21-20(24)26-18-7-4-6-17(16-18)19-8-5-11-23(19)10-3-2-9-22-12-14-25-15-13-22/h4,6-7,16,19H,2-3,5,8-15H2,1H3,(H,21,24). The second kappa shape index (κ2) is 9.90. The molecule has 26 heavy (non-hydrogen) atoms. The Morgan fingerprint density at radius 1 is 1.23 bits per heavy atom. The predicted molar refractivity (Wildman–Crippen MR) is 102 cm³/mol. The van der Waals surface area contributed by atoms with Crippen LogP contribution in [0.15, 0.2) is 24.3 Å². The van der Waals surface area contributed by atoms with Crippen LogP contribution in [0.1, 0.15) is 37.3 Å². The van der Waals surface area contributed by atoms with Gasteiger partial charge >= 0.3 is 6.09 Å². The van der Waals surface area contributed by atoms with E-state index in [1.165, 1.54) is 37.8 Å². The number of carbonyl (C=O) groups is 1. The van der Waals surface area contributed by atoms with E-state index in [9.17, 15) is 4.79 Å². The van der Waals surface area contributed by atoms with Gasteiger partial charge in [-0.25, -0.2) is 4.79 Å². The first-order chi connectivity index (χ1) is 12.8. The topological polar surface area (TPSA) is 54.0 Å². The molecule has 3 rings (SSSR count). The van der Waals surface area contributed by atoms with Crippen LogP contribution in [0.25, 0.3) is 0 Å². The highest BCUT2D eigenvalue weighted by atomic mass is 16.5. The van der Waals surface area contributed by atoms with E-state index >= 15 is 0 Å². The van der Waals surface area contributed by atoms with Gasteiger partial charge in [-0.15, -0.1) is 0 Å². The summed E-state index contributed by atoms with van der Waals surface area (Å²) in [5, 5.41) is 2.49. The Morgan fingerprint density at radius 2 is 2.04 bits per heavy atom. The fourth-order valence-corrected chi connectivity index (χ4v) is 3.89. The molecule has 2 fully saturated rings. The number of carbonyl (C=O) groups excluding carboxylic acids is 1. The normalized spacial score (nSPS) is 21.7. The molecule has 1 aromatic carbocycles. The van der Waals surface area contributed by atoms with E-state index in [-0.39, 0.29) is 0 Å². The monoisotopic (exact) mass is 361 g/mol. The predicted octanol–water partition coefficient (Wildman–Crippen LogP) is 2.65. The first-order valence-electron chi connectivity index (χ1n) is 9.80. The van der Waals surface area contributed by atoms with Gasteiger partial charge in [-0.1, -0.05) is 12.1 Å². The number of hydrogen-bond donors (Lipinski definition) is 1. The number of benzene rings is 1. The molecule has 2 heterocycles. The summed E-state index contributed by atoms with van der Waals surface area (Å²) in [4.78, 5) is 16.5. The molecule has 1 aromatic rings. The third-order valence-corrected chi connectivity index (χ3v) is 5.29. The lowest BCUT2D eigenvalue weighted by Crippen LogP contribution is -2.37. The average molecular weight is 361 g/mol. The number of ether oxygens (including phenoxy) is 2. The summed E-state index contributed by atoms with van der Waals surface area (Å²) in [6.45, 7) is 7.37. The number of unbranched alkanes of at least 4 members (excludes halogenated alkanes) is 1. The van der Waals surface area contributed by atoms with Crippen LogP contribution in [0.2, 0.25) is 0 Å². The molecule has 1 unspecified atom stereocenters. The van der Waals surface area contributed by atoms with Crippen molar-refractivity contribution in [3.8, 4) is 5.75 Å². The maximum Gasteiger partial charge on any atom is 0.412 e. The van der Waals surface area contributed by atoms with E-state index in [2.05, 4.69) is 21.2 Å². The van der Waals surface area contributed by atoms with Gasteiger partial charge < -0.3 is 14.8 Å². The van der Waals surface area contributed by atoms with Crippen LogP contribution in [0.3, 0.4) is 0 Å². The van der Waals surface area contributed by atoms with Gasteiger partial charge in [0.15, 0.2) is 0 Å². The average Bonchev–Trinajstić information content (AvgIpc) is 3.15. The Morgan fingerprint density at radius 3 is 2.85 bits per heavy atom. The van der Waals surface area contributed by atoms with E-state index in [1.54, 1.807) is 7.05 Å². The smallest absolute Gasteiger partial charge is 0.410 e. The van der Waals surface area contributed by atoms with Crippen LogP contribution in [0, 0.1) is 0 Å². The van der Waals surface area contributed by atoms with E-state index in [1.807, 2.05) is 18.2 Å². The molecule has 1 atom stereocenters. The van der Waals surface area contributed by atoms with Crippen molar-refractivity contribution in [1.29, 1.82) is 0 Å². The number of hydrogen-bond acceptors (Lipinski definition) is 5. The molecular weight excluding hydrogens is 330 g/mol. The zero-order valence-electron chi connectivity index (χ0n) is 15.8. The fourth-order valence-electron chi connectivity index (χ4n) is 3.89. The fraction of sp³-hybridized carbons (Fsp3) is 0.650. The molecule has 0 bridgehead atoms. The van der Waals surface area contributed by atoms with Crippen molar-refractivity contribution >= 4 is 6.09 Å². The van der Waals surface area contributed by atoms with Crippen LogP contribution in [0.4, 0.5) is 4.79 Å². The maximum absolute atomic E-state index is 11.4. The molecule has 0 radical (unpaired) electrons. The minimum Gasteiger partial charge on any atom is -0.410 e. The van der Waals surface area contributed by atoms with Gasteiger partial charge in [0.05, 0.1) is 13.2 Å². The van der Waals surface area contributed by atoms with Crippen molar-refractivity contribution in [3.05, 3.63) is 29.8 Å². The largest absolute Gasteiger partial charge is 0.412 e. The van der Waals surface area contributed by atoms with Crippen molar-refractivity contribution in [2.75, 3.05) is 53.0 Å². The summed E-state index contributed by atoms with van der Waals surface area (Å²) in [5.74, 6) is 0.612. The van der Waals surface area contributed by atoms with Crippen LogP contribution in [-0.2, 0) is 4.74 Å². The number of nitrogens with zero attached hydrogens (tertiary/aromatic N) is 2. The lowest BCUT2D eigenvalue weighted by atomic mass is 10.0. The molecule has 144 valence electrons. The molecule has 0 spiro atoms. The third-order valence-electron chi connectivity index (χ3n) is 5.29. The summed E-state index contributed by atoms with van der Waals surface area (Å²) in [7, 11) is 1.57. The summed E-state index contributed by atoms with van der Waals surface area (Å²) in [6.07, 6.45) is 4.45. The van der Waals surface area contributed by atoms with Crippen molar-refractivity contribution in [2.45, 2.75) is 31.7 Å². The molecule has 1 amide bonds. The second-order valence-corrected chi connectivity index (χ2v) is 7.07. The molecule has 0 aromatic heterocycles. The summed E-state index contributed by atoms with van der Waals surface area (Å²) in [6, 6.07) is 8.40. The van der Waals surface area contributed by atoms with Gasteiger partial charge in [-0.2, -0.15) is 0 Å². The van der Waals surface area contributed by atoms with E-state index in [0.29, 0.717) is 11.8 Å². The first kappa shape index (κ1) is 19.1.